The predicted molar refractivity (Wildman–Crippen MR) is 102 cm³/mol. The molecule has 1 unspecified atom stereocenters. The Bertz CT molecular complexity index is 472. The van der Waals surface area contributed by atoms with Gasteiger partial charge in [0.2, 0.25) is 0 Å². The quantitative estimate of drug-likeness (QED) is 0.518. The van der Waals surface area contributed by atoms with E-state index in [0.29, 0.717) is 0 Å². The highest BCUT2D eigenvalue weighted by atomic mass is 14.8. The van der Waals surface area contributed by atoms with Gasteiger partial charge in [0.05, 0.1) is 0 Å². The Morgan fingerprint density at radius 1 is 1.04 bits per heavy atom. The van der Waals surface area contributed by atoms with Crippen LogP contribution in [-0.2, 0) is 6.42 Å². The minimum absolute atomic E-state index is 0.759. The molecule has 1 atom stereocenters. The maximum absolute atomic E-state index is 3.67. The molecule has 23 heavy (non-hydrogen) atoms. The highest BCUT2D eigenvalue weighted by molar-refractivity contribution is 5.21. The molecule has 0 aliphatic heterocycles. The Morgan fingerprint density at radius 3 is 2.65 bits per heavy atom. The Kier molecular flexibility index (Phi) is 8.80. The van der Waals surface area contributed by atoms with E-state index in [4.69, 9.17) is 0 Å². The minimum Gasteiger partial charge on any atom is -0.316 e. The van der Waals surface area contributed by atoms with E-state index in [-0.39, 0.29) is 0 Å². The number of benzene rings is 1. The third-order valence-electron chi connectivity index (χ3n) is 4.77. The van der Waals surface area contributed by atoms with E-state index < -0.39 is 0 Å². The fraction of sp³-hybridized carbons (Fsp3) is 0.545. The van der Waals surface area contributed by atoms with Crippen LogP contribution in [0.3, 0.4) is 0 Å². The van der Waals surface area contributed by atoms with E-state index in [1.54, 1.807) is 5.57 Å². The lowest BCUT2D eigenvalue weighted by molar-refractivity contribution is 0.454. The molecule has 1 nitrogen and oxygen atoms in total. The lowest BCUT2D eigenvalue weighted by Gasteiger charge is -2.16. The van der Waals surface area contributed by atoms with Gasteiger partial charge in [-0.2, -0.15) is 0 Å². The van der Waals surface area contributed by atoms with Crippen molar-refractivity contribution in [2.24, 2.45) is 5.92 Å². The molecular formula is C22H33N. The fourth-order valence-electron chi connectivity index (χ4n) is 3.22. The molecule has 1 aromatic rings. The molecule has 1 aliphatic carbocycles. The Balaban J connectivity index is 1.50. The second-order valence-corrected chi connectivity index (χ2v) is 6.74. The molecule has 0 aromatic heterocycles. The van der Waals surface area contributed by atoms with Gasteiger partial charge in [-0.15, -0.1) is 0 Å². The van der Waals surface area contributed by atoms with Gasteiger partial charge in [0.1, 0.15) is 0 Å². The van der Waals surface area contributed by atoms with E-state index in [9.17, 15) is 0 Å². The normalized spacial score (nSPS) is 15.4. The van der Waals surface area contributed by atoms with E-state index in [1.165, 1.54) is 63.5 Å². The molecule has 0 fully saturated rings. The molecule has 0 bridgehead atoms. The van der Waals surface area contributed by atoms with Crippen LogP contribution in [0.4, 0.5) is 0 Å². The number of allylic oxidation sites excluding steroid dienone is 4. The van der Waals surface area contributed by atoms with Crippen LogP contribution in [0.1, 0.15) is 57.4 Å². The summed E-state index contributed by atoms with van der Waals surface area (Å²) < 4.78 is 0. The molecule has 2 rings (SSSR count). The van der Waals surface area contributed by atoms with E-state index in [0.717, 1.165) is 12.5 Å². The molecule has 1 aromatic carbocycles. The number of hydrogen-bond donors (Lipinski definition) is 1. The van der Waals surface area contributed by atoms with Crippen molar-refractivity contribution in [2.75, 3.05) is 13.1 Å². The summed E-state index contributed by atoms with van der Waals surface area (Å²) in [6.07, 6.45) is 17.2. The van der Waals surface area contributed by atoms with Gasteiger partial charge in [0.25, 0.3) is 0 Å². The molecule has 126 valence electrons. The average molecular weight is 312 g/mol. The van der Waals surface area contributed by atoms with Crippen LogP contribution >= 0.6 is 0 Å². The molecule has 0 amide bonds. The second-order valence-electron chi connectivity index (χ2n) is 6.74. The van der Waals surface area contributed by atoms with Gasteiger partial charge in [-0.05, 0) is 63.1 Å². The van der Waals surface area contributed by atoms with Crippen LogP contribution in [0.25, 0.3) is 0 Å². The largest absolute Gasteiger partial charge is 0.316 e. The Morgan fingerprint density at radius 2 is 1.91 bits per heavy atom. The zero-order valence-corrected chi connectivity index (χ0v) is 14.8. The third-order valence-corrected chi connectivity index (χ3v) is 4.77. The standard InChI is InChI=1S/C22H33N/c1-2-20(18-22-15-8-4-9-16-22)19-23-17-11-5-10-14-21-12-6-3-7-13-21/h4,6,8-9,12-13,15-16,20,23H,2-3,5,7,10-11,14,17-19H2,1H3. The van der Waals surface area contributed by atoms with Crippen molar-refractivity contribution in [3.63, 3.8) is 0 Å². The number of unbranched alkanes of at least 4 members (excludes halogenated alkanes) is 2. The van der Waals surface area contributed by atoms with Crippen LogP contribution in [0.2, 0.25) is 0 Å². The second kappa shape index (κ2) is 11.2. The summed E-state index contributed by atoms with van der Waals surface area (Å²) in [5.41, 5.74) is 3.02. The lowest BCUT2D eigenvalue weighted by Crippen LogP contribution is -2.24. The first-order valence-electron chi connectivity index (χ1n) is 9.48. The fourth-order valence-corrected chi connectivity index (χ4v) is 3.22. The third kappa shape index (κ3) is 7.65. The smallest absolute Gasteiger partial charge is 0.00174 e. The molecule has 1 heteroatoms. The summed E-state index contributed by atoms with van der Waals surface area (Å²) in [6, 6.07) is 10.9. The van der Waals surface area contributed by atoms with Crippen molar-refractivity contribution in [1.82, 2.24) is 5.32 Å². The summed E-state index contributed by atoms with van der Waals surface area (Å²) in [5, 5.41) is 3.67. The summed E-state index contributed by atoms with van der Waals surface area (Å²) in [5.74, 6) is 0.759. The van der Waals surface area contributed by atoms with Crippen LogP contribution in [0, 0.1) is 5.92 Å². The predicted octanol–water partition coefficient (Wildman–Crippen LogP) is 5.68. The molecule has 0 heterocycles. The monoisotopic (exact) mass is 311 g/mol. The van der Waals surface area contributed by atoms with Crippen molar-refractivity contribution in [2.45, 2.75) is 58.3 Å². The average Bonchev–Trinajstić information content (AvgIpc) is 2.61. The summed E-state index contributed by atoms with van der Waals surface area (Å²) in [7, 11) is 0. The molecule has 1 N–H and O–H groups in total. The highest BCUT2D eigenvalue weighted by Crippen LogP contribution is 2.16. The van der Waals surface area contributed by atoms with Crippen molar-refractivity contribution < 1.29 is 0 Å². The van der Waals surface area contributed by atoms with Gasteiger partial charge < -0.3 is 5.32 Å². The van der Waals surface area contributed by atoms with Gasteiger partial charge in [-0.1, -0.05) is 73.9 Å². The zero-order chi connectivity index (χ0) is 16.2. The summed E-state index contributed by atoms with van der Waals surface area (Å²) in [4.78, 5) is 0. The van der Waals surface area contributed by atoms with E-state index in [1.807, 2.05) is 0 Å². The molecule has 0 saturated carbocycles. The maximum atomic E-state index is 3.67. The van der Waals surface area contributed by atoms with Crippen molar-refractivity contribution in [3.8, 4) is 0 Å². The van der Waals surface area contributed by atoms with E-state index >= 15 is 0 Å². The lowest BCUT2D eigenvalue weighted by atomic mass is 9.97. The molecule has 0 radical (unpaired) electrons. The topological polar surface area (TPSA) is 12.0 Å². The van der Waals surface area contributed by atoms with Crippen molar-refractivity contribution >= 4 is 0 Å². The van der Waals surface area contributed by atoms with Crippen molar-refractivity contribution in [1.29, 1.82) is 0 Å². The van der Waals surface area contributed by atoms with Crippen molar-refractivity contribution in [3.05, 3.63) is 59.7 Å². The first-order valence-corrected chi connectivity index (χ1v) is 9.48. The molecule has 1 aliphatic rings. The number of nitrogens with one attached hydrogen (secondary N) is 1. The highest BCUT2D eigenvalue weighted by Gasteiger charge is 2.06. The number of hydrogen-bond acceptors (Lipinski definition) is 1. The van der Waals surface area contributed by atoms with Gasteiger partial charge in [0.15, 0.2) is 0 Å². The summed E-state index contributed by atoms with van der Waals surface area (Å²) in [6.45, 7) is 4.63. The minimum atomic E-state index is 0.759. The van der Waals surface area contributed by atoms with Gasteiger partial charge in [0, 0.05) is 0 Å². The summed E-state index contributed by atoms with van der Waals surface area (Å²) >= 11 is 0. The van der Waals surface area contributed by atoms with Gasteiger partial charge in [-0.25, -0.2) is 0 Å². The zero-order valence-electron chi connectivity index (χ0n) is 14.8. The van der Waals surface area contributed by atoms with Gasteiger partial charge >= 0.3 is 0 Å². The molecular weight excluding hydrogens is 278 g/mol. The van der Waals surface area contributed by atoms with Gasteiger partial charge in [-0.3, -0.25) is 0 Å². The Labute approximate surface area is 142 Å². The van der Waals surface area contributed by atoms with Crippen LogP contribution in [0.5, 0.6) is 0 Å². The molecule has 0 spiro atoms. The maximum Gasteiger partial charge on any atom is -0.00174 e. The van der Waals surface area contributed by atoms with Crippen LogP contribution in [0.15, 0.2) is 54.1 Å². The Hall–Kier alpha value is -1.34. The molecule has 0 saturated heterocycles. The van der Waals surface area contributed by atoms with E-state index in [2.05, 4.69) is 60.8 Å². The number of rotatable bonds is 11. The van der Waals surface area contributed by atoms with Crippen LogP contribution in [-0.4, -0.2) is 13.1 Å². The van der Waals surface area contributed by atoms with Crippen LogP contribution < -0.4 is 5.32 Å². The SMILES string of the molecule is CCC(CNCCCCCC1=CCCC=C1)Cc1ccccc1. The first-order chi connectivity index (χ1) is 11.4. The first kappa shape index (κ1) is 18.0.